The first kappa shape index (κ1) is 17.1. The molecule has 0 saturated carbocycles. The van der Waals surface area contributed by atoms with E-state index in [4.69, 9.17) is 5.73 Å². The van der Waals surface area contributed by atoms with Gasteiger partial charge in [0.25, 0.3) is 5.69 Å². The van der Waals surface area contributed by atoms with Gasteiger partial charge in [0.1, 0.15) is 0 Å². The normalized spacial score (nSPS) is 13.8. The molecule has 6 nitrogen and oxygen atoms in total. The summed E-state index contributed by atoms with van der Waals surface area (Å²) in [6.07, 6.45) is 0.616. The third kappa shape index (κ3) is 4.53. The summed E-state index contributed by atoms with van der Waals surface area (Å²) < 4.78 is 0. The van der Waals surface area contributed by atoms with Gasteiger partial charge >= 0.3 is 0 Å². The highest BCUT2D eigenvalue weighted by atomic mass is 16.6. The Bertz CT molecular complexity index is 517. The van der Waals surface area contributed by atoms with E-state index in [9.17, 15) is 14.9 Å². The third-order valence-electron chi connectivity index (χ3n) is 3.53. The van der Waals surface area contributed by atoms with Crippen molar-refractivity contribution in [2.45, 2.75) is 39.3 Å². The summed E-state index contributed by atoms with van der Waals surface area (Å²) in [7, 11) is 1.67. The summed E-state index contributed by atoms with van der Waals surface area (Å²) in [5, 5.41) is 10.8. The minimum absolute atomic E-state index is 0.0201. The number of carbonyl (C=O) groups excluding carboxylic acids is 1. The molecule has 1 amide bonds. The molecular weight excluding hydrogens is 270 g/mol. The molecule has 1 aromatic carbocycles. The fourth-order valence-electron chi connectivity index (χ4n) is 2.18. The Labute approximate surface area is 125 Å². The number of nitrogens with zero attached hydrogens (tertiary/aromatic N) is 2. The van der Waals surface area contributed by atoms with Crippen LogP contribution in [0, 0.1) is 16.0 Å². The van der Waals surface area contributed by atoms with Gasteiger partial charge in [-0.1, -0.05) is 26.0 Å². The Morgan fingerprint density at radius 1 is 1.38 bits per heavy atom. The van der Waals surface area contributed by atoms with Crippen molar-refractivity contribution in [3.8, 4) is 0 Å². The van der Waals surface area contributed by atoms with Crippen LogP contribution in [0.1, 0.15) is 38.8 Å². The topological polar surface area (TPSA) is 89.5 Å². The van der Waals surface area contributed by atoms with Crippen molar-refractivity contribution in [3.63, 3.8) is 0 Å². The van der Waals surface area contributed by atoms with Gasteiger partial charge in [0, 0.05) is 19.2 Å². The zero-order valence-corrected chi connectivity index (χ0v) is 12.9. The molecule has 1 aromatic rings. The predicted octanol–water partition coefficient (Wildman–Crippen LogP) is 2.49. The highest BCUT2D eigenvalue weighted by Gasteiger charge is 2.24. The molecular formula is C15H23N3O3. The average Bonchev–Trinajstić information content (AvgIpc) is 2.44. The molecule has 21 heavy (non-hydrogen) atoms. The number of nitro groups is 1. The van der Waals surface area contributed by atoms with Crippen molar-refractivity contribution in [3.05, 3.63) is 39.9 Å². The molecule has 0 heterocycles. The van der Waals surface area contributed by atoms with Gasteiger partial charge < -0.3 is 10.6 Å². The number of carbonyl (C=O) groups is 1. The van der Waals surface area contributed by atoms with E-state index >= 15 is 0 Å². The lowest BCUT2D eigenvalue weighted by Crippen LogP contribution is -2.43. The van der Waals surface area contributed by atoms with Crippen LogP contribution in [-0.4, -0.2) is 28.8 Å². The summed E-state index contributed by atoms with van der Waals surface area (Å²) in [5.74, 6) is 0.188. The van der Waals surface area contributed by atoms with Crippen LogP contribution < -0.4 is 5.73 Å². The van der Waals surface area contributed by atoms with Crippen LogP contribution in [0.15, 0.2) is 24.3 Å². The van der Waals surface area contributed by atoms with E-state index in [1.165, 1.54) is 12.1 Å². The SMILES string of the molecule is CC(C)C[C@@H](N)C(=O)N(C)C(C)c1cccc([N+](=O)[O-])c1. The smallest absolute Gasteiger partial charge is 0.269 e. The molecule has 0 aliphatic heterocycles. The molecule has 0 radical (unpaired) electrons. The highest BCUT2D eigenvalue weighted by molar-refractivity contribution is 5.81. The Balaban J connectivity index is 2.87. The number of rotatable bonds is 6. The first-order valence-electron chi connectivity index (χ1n) is 7.00. The number of benzene rings is 1. The summed E-state index contributed by atoms with van der Waals surface area (Å²) in [6, 6.07) is 5.50. The first-order valence-corrected chi connectivity index (χ1v) is 7.00. The fraction of sp³-hybridized carbons (Fsp3) is 0.533. The lowest BCUT2D eigenvalue weighted by atomic mass is 10.0. The molecule has 2 atom stereocenters. The molecule has 0 saturated heterocycles. The number of hydrogen-bond acceptors (Lipinski definition) is 4. The Hall–Kier alpha value is -1.95. The lowest BCUT2D eigenvalue weighted by molar-refractivity contribution is -0.384. The van der Waals surface area contributed by atoms with Crippen LogP contribution in [0.5, 0.6) is 0 Å². The third-order valence-corrected chi connectivity index (χ3v) is 3.53. The van der Waals surface area contributed by atoms with Crippen LogP contribution in [0.2, 0.25) is 0 Å². The highest BCUT2D eigenvalue weighted by Crippen LogP contribution is 2.23. The molecule has 0 fully saturated rings. The lowest BCUT2D eigenvalue weighted by Gasteiger charge is -2.28. The van der Waals surface area contributed by atoms with Gasteiger partial charge in [-0.15, -0.1) is 0 Å². The molecule has 0 aromatic heterocycles. The molecule has 1 unspecified atom stereocenters. The second kappa shape index (κ2) is 7.17. The van der Waals surface area contributed by atoms with Gasteiger partial charge in [-0.2, -0.15) is 0 Å². The zero-order chi connectivity index (χ0) is 16.2. The van der Waals surface area contributed by atoms with Crippen LogP contribution in [0.25, 0.3) is 0 Å². The second-order valence-corrected chi connectivity index (χ2v) is 5.71. The molecule has 1 rings (SSSR count). The van der Waals surface area contributed by atoms with E-state index in [0.29, 0.717) is 12.3 Å². The summed E-state index contributed by atoms with van der Waals surface area (Å²) >= 11 is 0. The van der Waals surface area contributed by atoms with E-state index in [2.05, 4.69) is 0 Å². The van der Waals surface area contributed by atoms with Crippen LogP contribution in [0.4, 0.5) is 5.69 Å². The van der Waals surface area contributed by atoms with Crippen LogP contribution in [-0.2, 0) is 4.79 Å². The maximum atomic E-state index is 12.3. The molecule has 116 valence electrons. The van der Waals surface area contributed by atoms with Crippen molar-refractivity contribution >= 4 is 11.6 Å². The molecule has 0 spiro atoms. The van der Waals surface area contributed by atoms with Crippen molar-refractivity contribution in [1.29, 1.82) is 0 Å². The van der Waals surface area contributed by atoms with Gasteiger partial charge in [0.05, 0.1) is 17.0 Å². The van der Waals surface area contributed by atoms with E-state index in [-0.39, 0.29) is 17.6 Å². The molecule has 0 aliphatic rings. The molecule has 2 N–H and O–H groups in total. The fourth-order valence-corrected chi connectivity index (χ4v) is 2.18. The second-order valence-electron chi connectivity index (χ2n) is 5.71. The summed E-state index contributed by atoms with van der Waals surface area (Å²) in [6.45, 7) is 5.85. The Morgan fingerprint density at radius 2 is 2.00 bits per heavy atom. The van der Waals surface area contributed by atoms with Gasteiger partial charge in [-0.05, 0) is 24.8 Å². The predicted molar refractivity (Wildman–Crippen MR) is 81.7 cm³/mol. The van der Waals surface area contributed by atoms with E-state index in [0.717, 1.165) is 5.56 Å². The van der Waals surface area contributed by atoms with E-state index < -0.39 is 11.0 Å². The van der Waals surface area contributed by atoms with Gasteiger partial charge in [-0.25, -0.2) is 0 Å². The van der Waals surface area contributed by atoms with Gasteiger partial charge in [-0.3, -0.25) is 14.9 Å². The Kier molecular flexibility index (Phi) is 5.84. The maximum absolute atomic E-state index is 12.3. The quantitative estimate of drug-likeness (QED) is 0.644. The largest absolute Gasteiger partial charge is 0.338 e. The first-order chi connectivity index (χ1) is 9.73. The minimum Gasteiger partial charge on any atom is -0.338 e. The standard InChI is InChI=1S/C15H23N3O3/c1-10(2)8-14(16)15(19)17(4)11(3)12-6-5-7-13(9-12)18(20)21/h5-7,9-11,14H,8,16H2,1-4H3/t11?,14-/m1/s1. The minimum atomic E-state index is -0.545. The van der Waals surface area contributed by atoms with Crippen molar-refractivity contribution in [2.24, 2.45) is 11.7 Å². The molecule has 6 heteroatoms. The van der Waals surface area contributed by atoms with Crippen LogP contribution >= 0.6 is 0 Å². The van der Waals surface area contributed by atoms with Gasteiger partial charge in [0.2, 0.25) is 5.91 Å². The number of hydrogen-bond donors (Lipinski definition) is 1. The maximum Gasteiger partial charge on any atom is 0.269 e. The van der Waals surface area contributed by atoms with Crippen molar-refractivity contribution in [1.82, 2.24) is 4.90 Å². The zero-order valence-electron chi connectivity index (χ0n) is 12.9. The van der Waals surface area contributed by atoms with Crippen molar-refractivity contribution < 1.29 is 9.72 Å². The Morgan fingerprint density at radius 3 is 2.52 bits per heavy atom. The number of nitrogens with two attached hydrogens (primary N) is 1. The van der Waals surface area contributed by atoms with E-state index in [1.807, 2.05) is 20.8 Å². The molecule has 0 aliphatic carbocycles. The monoisotopic (exact) mass is 293 g/mol. The van der Waals surface area contributed by atoms with Gasteiger partial charge in [0.15, 0.2) is 0 Å². The number of non-ortho nitro benzene ring substituents is 1. The number of amides is 1. The van der Waals surface area contributed by atoms with Crippen LogP contribution in [0.3, 0.4) is 0 Å². The van der Waals surface area contributed by atoms with Crippen molar-refractivity contribution in [2.75, 3.05) is 7.05 Å². The number of nitro benzene ring substituents is 1. The van der Waals surface area contributed by atoms with E-state index in [1.54, 1.807) is 24.1 Å². The number of likely N-dealkylation sites (N-methyl/N-ethyl adjacent to an activating group) is 1. The summed E-state index contributed by atoms with van der Waals surface area (Å²) in [4.78, 5) is 24.2. The summed E-state index contributed by atoms with van der Waals surface area (Å²) in [5.41, 5.74) is 6.65. The molecule has 0 bridgehead atoms. The average molecular weight is 293 g/mol.